The first kappa shape index (κ1) is 21.0. The van der Waals surface area contributed by atoms with Gasteiger partial charge in [-0.1, -0.05) is 23.2 Å². The summed E-state index contributed by atoms with van der Waals surface area (Å²) >= 11 is 12.1. The number of hydrogen-bond acceptors (Lipinski definition) is 3. The first-order chi connectivity index (χ1) is 11.9. The van der Waals surface area contributed by atoms with E-state index in [1.807, 2.05) is 19.9 Å². The van der Waals surface area contributed by atoms with Crippen LogP contribution in [-0.4, -0.2) is 28.3 Å². The molecule has 142 valence electrons. The number of aryl methyl sites for hydroxylation is 1. The number of nitrogens with one attached hydrogen (secondary N) is 1. The molecule has 2 aromatic rings. The van der Waals surface area contributed by atoms with Crippen molar-refractivity contribution in [2.45, 2.75) is 39.2 Å². The fourth-order valence-electron chi connectivity index (χ4n) is 3.09. The molecule has 3 rings (SSSR count). The first-order valence-electron chi connectivity index (χ1n) is 8.40. The molecule has 0 saturated heterocycles. The molecule has 1 fully saturated rings. The number of aromatic nitrogens is 2. The molecule has 26 heavy (non-hydrogen) atoms. The van der Waals surface area contributed by atoms with E-state index in [2.05, 4.69) is 10.4 Å². The third kappa shape index (κ3) is 4.52. The SMILES string of the molecule is Cc1nn(-c2ccc(Cl)c(Cl)c2)c(C)c1CC(=O)NC(CN)C1CC1.Cl. The molecule has 5 nitrogen and oxygen atoms in total. The Balaban J connectivity index is 0.00000243. The molecule has 1 saturated carbocycles. The minimum absolute atomic E-state index is 0. The van der Waals surface area contributed by atoms with Crippen molar-refractivity contribution in [1.29, 1.82) is 0 Å². The van der Waals surface area contributed by atoms with Crippen LogP contribution in [0.4, 0.5) is 0 Å². The summed E-state index contributed by atoms with van der Waals surface area (Å²) in [5.74, 6) is 0.525. The highest BCUT2D eigenvalue weighted by Gasteiger charge is 2.31. The second kappa shape index (κ2) is 8.61. The average molecular weight is 418 g/mol. The van der Waals surface area contributed by atoms with Crippen molar-refractivity contribution in [3.05, 3.63) is 45.2 Å². The fourth-order valence-corrected chi connectivity index (χ4v) is 3.38. The molecule has 1 atom stereocenters. The topological polar surface area (TPSA) is 72.9 Å². The predicted molar refractivity (Wildman–Crippen MR) is 108 cm³/mol. The van der Waals surface area contributed by atoms with E-state index in [1.54, 1.807) is 16.8 Å². The molecular formula is C18H23Cl3N4O. The highest BCUT2D eigenvalue weighted by molar-refractivity contribution is 6.42. The summed E-state index contributed by atoms with van der Waals surface area (Å²) in [7, 11) is 0. The predicted octanol–water partition coefficient (Wildman–Crippen LogP) is 3.61. The molecule has 0 radical (unpaired) electrons. The number of nitrogens with zero attached hydrogens (tertiary/aromatic N) is 2. The summed E-state index contributed by atoms with van der Waals surface area (Å²) in [6.45, 7) is 4.34. The molecule has 0 aliphatic heterocycles. The van der Waals surface area contributed by atoms with Crippen molar-refractivity contribution in [2.75, 3.05) is 6.54 Å². The quantitative estimate of drug-likeness (QED) is 0.754. The van der Waals surface area contributed by atoms with Crippen LogP contribution in [0, 0.1) is 19.8 Å². The van der Waals surface area contributed by atoms with Crippen LogP contribution >= 0.6 is 35.6 Å². The number of nitrogens with two attached hydrogens (primary N) is 1. The number of carbonyl (C=O) groups is 1. The van der Waals surface area contributed by atoms with E-state index < -0.39 is 0 Å². The van der Waals surface area contributed by atoms with Crippen molar-refractivity contribution < 1.29 is 4.79 Å². The lowest BCUT2D eigenvalue weighted by atomic mass is 10.1. The van der Waals surface area contributed by atoms with Gasteiger partial charge in [0.15, 0.2) is 0 Å². The smallest absolute Gasteiger partial charge is 0.224 e. The number of carbonyl (C=O) groups excluding carboxylic acids is 1. The second-order valence-electron chi connectivity index (χ2n) is 6.58. The summed E-state index contributed by atoms with van der Waals surface area (Å²) in [5, 5.41) is 8.59. The number of benzene rings is 1. The van der Waals surface area contributed by atoms with Crippen molar-refractivity contribution in [1.82, 2.24) is 15.1 Å². The standard InChI is InChI=1S/C18H22Cl2N4O.ClH/c1-10-14(8-18(25)22-17(9-21)12-3-4-12)11(2)24(23-10)13-5-6-15(19)16(20)7-13;/h5-7,12,17H,3-4,8-9,21H2,1-2H3,(H,22,25);1H. The minimum Gasteiger partial charge on any atom is -0.352 e. The van der Waals surface area contributed by atoms with Gasteiger partial charge in [0.2, 0.25) is 5.91 Å². The molecule has 1 heterocycles. The van der Waals surface area contributed by atoms with E-state index in [1.165, 1.54) is 0 Å². The van der Waals surface area contributed by atoms with Gasteiger partial charge < -0.3 is 11.1 Å². The van der Waals surface area contributed by atoms with Crippen LogP contribution in [0.25, 0.3) is 5.69 Å². The Hall–Kier alpha value is -1.27. The van der Waals surface area contributed by atoms with Crippen molar-refractivity contribution in [2.24, 2.45) is 11.7 Å². The van der Waals surface area contributed by atoms with Gasteiger partial charge in [0.1, 0.15) is 0 Å². The van der Waals surface area contributed by atoms with Gasteiger partial charge in [-0.15, -0.1) is 12.4 Å². The van der Waals surface area contributed by atoms with Crippen molar-refractivity contribution in [3.63, 3.8) is 0 Å². The molecule has 8 heteroatoms. The molecule has 1 aliphatic carbocycles. The first-order valence-corrected chi connectivity index (χ1v) is 9.16. The summed E-state index contributed by atoms with van der Waals surface area (Å²) in [5.41, 5.74) is 9.26. The van der Waals surface area contributed by atoms with Crippen LogP contribution in [0.15, 0.2) is 18.2 Å². The maximum absolute atomic E-state index is 12.4. The lowest BCUT2D eigenvalue weighted by Gasteiger charge is -2.16. The van der Waals surface area contributed by atoms with Gasteiger partial charge in [0.05, 0.1) is 27.8 Å². The zero-order valence-electron chi connectivity index (χ0n) is 14.8. The van der Waals surface area contributed by atoms with Gasteiger partial charge in [-0.2, -0.15) is 5.10 Å². The van der Waals surface area contributed by atoms with Gasteiger partial charge >= 0.3 is 0 Å². The Kier molecular flexibility index (Phi) is 6.97. The molecule has 3 N–H and O–H groups in total. The van der Waals surface area contributed by atoms with Gasteiger partial charge in [0.25, 0.3) is 0 Å². The van der Waals surface area contributed by atoms with Gasteiger partial charge in [-0.25, -0.2) is 4.68 Å². The maximum Gasteiger partial charge on any atom is 0.224 e. The normalized spacial score (nSPS) is 14.7. The van der Waals surface area contributed by atoms with Gasteiger partial charge in [0, 0.05) is 23.8 Å². The lowest BCUT2D eigenvalue weighted by Crippen LogP contribution is -2.42. The van der Waals surface area contributed by atoms with Crippen molar-refractivity contribution >= 4 is 41.5 Å². The molecule has 1 aliphatic rings. The average Bonchev–Trinajstić information content (AvgIpc) is 3.38. The molecule has 1 aromatic carbocycles. The molecule has 1 aromatic heterocycles. The Morgan fingerprint density at radius 3 is 2.62 bits per heavy atom. The Morgan fingerprint density at radius 1 is 1.35 bits per heavy atom. The van der Waals surface area contributed by atoms with Crippen molar-refractivity contribution in [3.8, 4) is 5.69 Å². The summed E-state index contributed by atoms with van der Waals surface area (Å²) < 4.78 is 1.79. The Bertz CT molecular complexity index is 802. The molecule has 0 bridgehead atoms. The molecular weight excluding hydrogens is 395 g/mol. The minimum atomic E-state index is -0.0118. The maximum atomic E-state index is 12.4. The number of hydrogen-bond donors (Lipinski definition) is 2. The number of rotatable bonds is 6. The molecule has 0 spiro atoms. The van der Waals surface area contributed by atoms with Gasteiger partial charge in [-0.05, 0) is 50.8 Å². The lowest BCUT2D eigenvalue weighted by molar-refractivity contribution is -0.121. The van der Waals surface area contributed by atoms with Crippen LogP contribution in [0.1, 0.15) is 29.8 Å². The number of halogens is 3. The van der Waals surface area contributed by atoms with Crippen LogP contribution in [0.3, 0.4) is 0 Å². The van der Waals surface area contributed by atoms with E-state index in [-0.39, 0.29) is 24.4 Å². The largest absolute Gasteiger partial charge is 0.352 e. The van der Waals surface area contributed by atoms with E-state index in [9.17, 15) is 4.79 Å². The Morgan fingerprint density at radius 2 is 2.04 bits per heavy atom. The fraction of sp³-hybridized carbons (Fsp3) is 0.444. The zero-order chi connectivity index (χ0) is 18.1. The Labute approximate surface area is 169 Å². The zero-order valence-corrected chi connectivity index (χ0v) is 17.1. The van der Waals surface area contributed by atoms with Crippen LogP contribution in [-0.2, 0) is 11.2 Å². The van der Waals surface area contributed by atoms with E-state index in [0.717, 1.165) is 35.5 Å². The van der Waals surface area contributed by atoms with Crippen LogP contribution in [0.5, 0.6) is 0 Å². The van der Waals surface area contributed by atoms with Crippen LogP contribution in [0.2, 0.25) is 10.0 Å². The second-order valence-corrected chi connectivity index (χ2v) is 7.40. The summed E-state index contributed by atoms with van der Waals surface area (Å²) in [6.07, 6.45) is 2.59. The highest BCUT2D eigenvalue weighted by Crippen LogP contribution is 2.32. The van der Waals surface area contributed by atoms with Gasteiger partial charge in [-0.3, -0.25) is 4.79 Å². The van der Waals surface area contributed by atoms with E-state index in [4.69, 9.17) is 28.9 Å². The third-order valence-corrected chi connectivity index (χ3v) is 5.46. The molecule has 1 amide bonds. The van der Waals surface area contributed by atoms with E-state index in [0.29, 0.717) is 28.9 Å². The highest BCUT2D eigenvalue weighted by atomic mass is 35.5. The van der Waals surface area contributed by atoms with E-state index >= 15 is 0 Å². The molecule has 1 unspecified atom stereocenters. The third-order valence-electron chi connectivity index (χ3n) is 4.72. The summed E-state index contributed by atoms with van der Waals surface area (Å²) in [6, 6.07) is 5.45. The number of amides is 1. The van der Waals surface area contributed by atoms with Crippen LogP contribution < -0.4 is 11.1 Å². The summed E-state index contributed by atoms with van der Waals surface area (Å²) in [4.78, 5) is 12.4. The monoisotopic (exact) mass is 416 g/mol.